The van der Waals surface area contributed by atoms with Crippen LogP contribution in [0.2, 0.25) is 0 Å². The highest BCUT2D eigenvalue weighted by Crippen LogP contribution is 2.39. The van der Waals surface area contributed by atoms with E-state index in [1.807, 2.05) is 29.2 Å². The van der Waals surface area contributed by atoms with E-state index in [4.69, 9.17) is 9.47 Å². The summed E-state index contributed by atoms with van der Waals surface area (Å²) in [5, 5.41) is 9.25. The van der Waals surface area contributed by atoms with Crippen LogP contribution in [-0.2, 0) is 11.2 Å². The van der Waals surface area contributed by atoms with E-state index in [0.717, 1.165) is 24.0 Å². The van der Waals surface area contributed by atoms with E-state index < -0.39 is 0 Å². The van der Waals surface area contributed by atoms with Crippen molar-refractivity contribution in [3.05, 3.63) is 56.5 Å². The first kappa shape index (κ1) is 21.4. The molecule has 30 heavy (non-hydrogen) atoms. The topological polar surface area (TPSA) is 95.4 Å². The minimum atomic E-state index is -0.381. The van der Waals surface area contributed by atoms with Gasteiger partial charge in [0.05, 0.1) is 20.3 Å². The number of aryl methyl sites for hydroxylation is 1. The fourth-order valence-electron chi connectivity index (χ4n) is 4.28. The van der Waals surface area contributed by atoms with Gasteiger partial charge in [0.15, 0.2) is 0 Å². The van der Waals surface area contributed by atoms with E-state index in [1.54, 1.807) is 28.1 Å². The Morgan fingerprint density at radius 1 is 1.30 bits per heavy atom. The van der Waals surface area contributed by atoms with Crippen molar-refractivity contribution in [1.29, 1.82) is 5.26 Å². The van der Waals surface area contributed by atoms with Crippen molar-refractivity contribution in [1.82, 2.24) is 9.88 Å². The Bertz CT molecular complexity index is 1050. The lowest BCUT2D eigenvalue weighted by Crippen LogP contribution is -2.31. The zero-order chi connectivity index (χ0) is 21.8. The lowest BCUT2D eigenvalue weighted by molar-refractivity contribution is -0.132. The fraction of sp³-hybridized carbons (Fsp3) is 0.435. The number of aromatic nitrogens is 1. The SMILES string of the molecule is COc1ccc([C@H]2CCCN2C(=O)CCc2c(C)[nH]c(=O)c(C#N)c2C)c(OC)c1. The highest BCUT2D eigenvalue weighted by molar-refractivity contribution is 5.77. The predicted molar refractivity (Wildman–Crippen MR) is 113 cm³/mol. The zero-order valence-electron chi connectivity index (χ0n) is 17.9. The van der Waals surface area contributed by atoms with Gasteiger partial charge in [-0.25, -0.2) is 0 Å². The van der Waals surface area contributed by atoms with Gasteiger partial charge in [0.25, 0.3) is 5.56 Å². The highest BCUT2D eigenvalue weighted by Gasteiger charge is 2.32. The number of nitriles is 1. The molecule has 0 bridgehead atoms. The molecule has 1 amide bonds. The van der Waals surface area contributed by atoms with Gasteiger partial charge in [-0.15, -0.1) is 0 Å². The van der Waals surface area contributed by atoms with Gasteiger partial charge in [0.2, 0.25) is 5.91 Å². The Morgan fingerprint density at radius 3 is 2.73 bits per heavy atom. The molecule has 1 aromatic heterocycles. The molecule has 2 aromatic rings. The minimum Gasteiger partial charge on any atom is -0.497 e. The number of H-pyrrole nitrogens is 1. The van der Waals surface area contributed by atoms with Crippen LogP contribution in [0.25, 0.3) is 0 Å². The number of likely N-dealkylation sites (tertiary alicyclic amines) is 1. The van der Waals surface area contributed by atoms with Crippen LogP contribution in [0, 0.1) is 25.2 Å². The number of aromatic amines is 1. The predicted octanol–water partition coefficient (Wildman–Crippen LogP) is 3.18. The standard InChI is InChI=1S/C23H27N3O4/c1-14-17(15(2)25-23(28)19(14)13-24)9-10-22(27)26-11-5-6-20(26)18-8-7-16(29-3)12-21(18)30-4/h7-8,12,20H,5-6,9-11H2,1-4H3,(H,25,28)/t20-/m1/s1. The first-order valence-corrected chi connectivity index (χ1v) is 10.0. The van der Waals surface area contributed by atoms with Crippen molar-refractivity contribution in [3.63, 3.8) is 0 Å². The summed E-state index contributed by atoms with van der Waals surface area (Å²) in [7, 11) is 3.23. The molecule has 0 aliphatic carbocycles. The molecule has 1 saturated heterocycles. The van der Waals surface area contributed by atoms with Gasteiger partial charge in [-0.1, -0.05) is 0 Å². The van der Waals surface area contributed by atoms with E-state index in [-0.39, 0.29) is 23.1 Å². The van der Waals surface area contributed by atoms with Gasteiger partial charge >= 0.3 is 0 Å². The molecule has 0 spiro atoms. The van der Waals surface area contributed by atoms with Crippen LogP contribution in [0.1, 0.15) is 53.3 Å². The minimum absolute atomic E-state index is 0.0363. The summed E-state index contributed by atoms with van der Waals surface area (Å²) in [5.41, 5.74) is 2.93. The third-order valence-corrected chi connectivity index (χ3v) is 5.88. The zero-order valence-corrected chi connectivity index (χ0v) is 17.9. The normalized spacial score (nSPS) is 15.7. The summed E-state index contributed by atoms with van der Waals surface area (Å²) in [6.45, 7) is 4.27. The van der Waals surface area contributed by atoms with E-state index in [9.17, 15) is 14.9 Å². The number of rotatable bonds is 6. The second-order valence-electron chi connectivity index (χ2n) is 7.52. The molecule has 0 unspecified atom stereocenters. The molecule has 0 saturated carbocycles. The Kier molecular flexibility index (Phi) is 6.46. The van der Waals surface area contributed by atoms with Crippen molar-refractivity contribution >= 4 is 5.91 Å². The van der Waals surface area contributed by atoms with E-state index in [2.05, 4.69) is 4.98 Å². The Balaban J connectivity index is 1.80. The average Bonchev–Trinajstić information content (AvgIpc) is 3.22. The second kappa shape index (κ2) is 9.04. The molecular formula is C23H27N3O4. The number of nitrogens with one attached hydrogen (secondary N) is 1. The van der Waals surface area contributed by atoms with Crippen LogP contribution < -0.4 is 15.0 Å². The molecule has 3 rings (SSSR count). The third-order valence-electron chi connectivity index (χ3n) is 5.88. The lowest BCUT2D eigenvalue weighted by Gasteiger charge is -2.27. The molecule has 2 heterocycles. The summed E-state index contributed by atoms with van der Waals surface area (Å²) < 4.78 is 10.8. The molecular weight excluding hydrogens is 382 g/mol. The largest absolute Gasteiger partial charge is 0.497 e. The Labute approximate surface area is 176 Å². The number of hydrogen-bond acceptors (Lipinski definition) is 5. The maximum Gasteiger partial charge on any atom is 0.266 e. The smallest absolute Gasteiger partial charge is 0.266 e. The number of nitrogens with zero attached hydrogens (tertiary/aromatic N) is 2. The van der Waals surface area contributed by atoms with Crippen molar-refractivity contribution in [2.45, 2.75) is 45.6 Å². The molecule has 1 aliphatic rings. The number of methoxy groups -OCH3 is 2. The monoisotopic (exact) mass is 409 g/mol. The quantitative estimate of drug-likeness (QED) is 0.791. The summed E-state index contributed by atoms with van der Waals surface area (Å²) >= 11 is 0. The number of carbonyl (C=O) groups excluding carboxylic acids is 1. The third kappa shape index (κ3) is 4.04. The van der Waals surface area contributed by atoms with E-state index in [1.165, 1.54) is 0 Å². The molecule has 1 aliphatic heterocycles. The van der Waals surface area contributed by atoms with Gasteiger partial charge in [-0.3, -0.25) is 9.59 Å². The van der Waals surface area contributed by atoms with Crippen LogP contribution >= 0.6 is 0 Å². The average molecular weight is 409 g/mol. The maximum atomic E-state index is 13.1. The Morgan fingerprint density at radius 2 is 2.07 bits per heavy atom. The molecule has 1 aromatic carbocycles. The van der Waals surface area contributed by atoms with Crippen molar-refractivity contribution in [2.24, 2.45) is 0 Å². The van der Waals surface area contributed by atoms with Crippen molar-refractivity contribution in [2.75, 3.05) is 20.8 Å². The van der Waals surface area contributed by atoms with E-state index in [0.29, 0.717) is 42.1 Å². The summed E-state index contributed by atoms with van der Waals surface area (Å²) in [6.07, 6.45) is 2.60. The fourth-order valence-corrected chi connectivity index (χ4v) is 4.28. The van der Waals surface area contributed by atoms with Crippen LogP contribution in [0.15, 0.2) is 23.0 Å². The number of carbonyl (C=O) groups is 1. The van der Waals surface area contributed by atoms with E-state index >= 15 is 0 Å². The number of amides is 1. The van der Waals surface area contributed by atoms with Gasteiger partial charge in [0.1, 0.15) is 23.1 Å². The number of ether oxygens (including phenoxy) is 2. The van der Waals surface area contributed by atoms with Crippen molar-refractivity contribution < 1.29 is 14.3 Å². The van der Waals surface area contributed by atoms with Crippen LogP contribution in [-0.4, -0.2) is 36.6 Å². The lowest BCUT2D eigenvalue weighted by atomic mass is 9.98. The summed E-state index contributed by atoms with van der Waals surface area (Å²) in [5.74, 6) is 1.48. The Hall–Kier alpha value is -3.27. The summed E-state index contributed by atoms with van der Waals surface area (Å²) in [6, 6.07) is 7.61. The second-order valence-corrected chi connectivity index (χ2v) is 7.52. The maximum absolute atomic E-state index is 13.1. The van der Waals surface area contributed by atoms with Gasteiger partial charge < -0.3 is 19.4 Å². The van der Waals surface area contributed by atoms with Gasteiger partial charge in [-0.05, 0) is 56.4 Å². The van der Waals surface area contributed by atoms with Crippen LogP contribution in [0.4, 0.5) is 0 Å². The molecule has 1 N–H and O–H groups in total. The molecule has 7 nitrogen and oxygen atoms in total. The number of pyridine rings is 1. The molecule has 0 radical (unpaired) electrons. The first-order chi connectivity index (χ1) is 14.4. The van der Waals surface area contributed by atoms with Crippen LogP contribution in [0.5, 0.6) is 11.5 Å². The van der Waals surface area contributed by atoms with Crippen LogP contribution in [0.3, 0.4) is 0 Å². The molecule has 7 heteroatoms. The first-order valence-electron chi connectivity index (χ1n) is 10.0. The summed E-state index contributed by atoms with van der Waals surface area (Å²) in [4.78, 5) is 29.6. The van der Waals surface area contributed by atoms with Gasteiger partial charge in [-0.2, -0.15) is 5.26 Å². The number of benzene rings is 1. The highest BCUT2D eigenvalue weighted by atomic mass is 16.5. The molecule has 1 fully saturated rings. The van der Waals surface area contributed by atoms with Gasteiger partial charge in [0, 0.05) is 30.3 Å². The number of hydrogen-bond donors (Lipinski definition) is 1. The molecule has 158 valence electrons. The van der Waals surface area contributed by atoms with Crippen molar-refractivity contribution in [3.8, 4) is 17.6 Å². The molecule has 1 atom stereocenters.